The van der Waals surface area contributed by atoms with Gasteiger partial charge in [-0.15, -0.1) is 0 Å². The molecule has 0 radical (unpaired) electrons. The highest BCUT2D eigenvalue weighted by atomic mass is 16.5. The van der Waals surface area contributed by atoms with Crippen LogP contribution in [0.3, 0.4) is 0 Å². The lowest BCUT2D eigenvalue weighted by Crippen LogP contribution is -2.15. The standard InChI is InChI=1S/C14H15N3O4/c1-10-12(7-15-17(10)8-13(18)19)16-14(20)21-9-11-5-3-2-4-6-11/h2-7H,8-9H2,1H3,(H,16,20)(H,18,19). The van der Waals surface area contributed by atoms with Crippen molar-refractivity contribution < 1.29 is 19.4 Å². The van der Waals surface area contributed by atoms with E-state index in [0.717, 1.165) is 5.56 Å². The van der Waals surface area contributed by atoms with Gasteiger partial charge in [0.25, 0.3) is 0 Å². The zero-order chi connectivity index (χ0) is 15.2. The maximum absolute atomic E-state index is 11.7. The third-order valence-electron chi connectivity index (χ3n) is 2.84. The van der Waals surface area contributed by atoms with Gasteiger partial charge in [-0.1, -0.05) is 30.3 Å². The zero-order valence-electron chi connectivity index (χ0n) is 11.4. The van der Waals surface area contributed by atoms with Crippen molar-refractivity contribution in [2.75, 3.05) is 5.32 Å². The first kappa shape index (κ1) is 14.6. The quantitative estimate of drug-likeness (QED) is 0.878. The highest BCUT2D eigenvalue weighted by molar-refractivity contribution is 5.85. The second-order valence-corrected chi connectivity index (χ2v) is 4.38. The molecule has 0 atom stereocenters. The van der Waals surface area contributed by atoms with Crippen LogP contribution in [-0.4, -0.2) is 26.9 Å². The molecule has 0 aliphatic carbocycles. The monoisotopic (exact) mass is 289 g/mol. The van der Waals surface area contributed by atoms with Gasteiger partial charge in [-0.05, 0) is 12.5 Å². The average molecular weight is 289 g/mol. The summed E-state index contributed by atoms with van der Waals surface area (Å²) >= 11 is 0. The minimum Gasteiger partial charge on any atom is -0.480 e. The lowest BCUT2D eigenvalue weighted by Gasteiger charge is -2.07. The molecule has 21 heavy (non-hydrogen) atoms. The lowest BCUT2D eigenvalue weighted by molar-refractivity contribution is -0.137. The molecule has 1 amide bonds. The molecular weight excluding hydrogens is 274 g/mol. The van der Waals surface area contributed by atoms with Crippen LogP contribution in [0.4, 0.5) is 10.5 Å². The van der Waals surface area contributed by atoms with Crippen LogP contribution in [0.2, 0.25) is 0 Å². The molecule has 0 bridgehead atoms. The number of carboxylic acid groups (broad SMARTS) is 1. The molecule has 110 valence electrons. The summed E-state index contributed by atoms with van der Waals surface area (Å²) in [5, 5.41) is 15.1. The topological polar surface area (TPSA) is 93.5 Å². The van der Waals surface area contributed by atoms with E-state index in [-0.39, 0.29) is 13.2 Å². The summed E-state index contributed by atoms with van der Waals surface area (Å²) in [7, 11) is 0. The predicted molar refractivity (Wildman–Crippen MR) is 74.8 cm³/mol. The van der Waals surface area contributed by atoms with Crippen molar-refractivity contribution in [3.8, 4) is 0 Å². The largest absolute Gasteiger partial charge is 0.480 e. The number of carboxylic acids is 1. The summed E-state index contributed by atoms with van der Waals surface area (Å²) in [5.74, 6) is -1.00. The van der Waals surface area contributed by atoms with E-state index in [9.17, 15) is 9.59 Å². The van der Waals surface area contributed by atoms with Gasteiger partial charge in [-0.3, -0.25) is 14.8 Å². The number of carbonyl (C=O) groups excluding carboxylic acids is 1. The SMILES string of the molecule is Cc1c(NC(=O)OCc2ccccc2)cnn1CC(=O)O. The molecule has 0 spiro atoms. The van der Waals surface area contributed by atoms with E-state index in [1.165, 1.54) is 10.9 Å². The second kappa shape index (κ2) is 6.56. The van der Waals surface area contributed by atoms with Crippen molar-refractivity contribution in [3.05, 3.63) is 47.8 Å². The summed E-state index contributed by atoms with van der Waals surface area (Å²) < 4.78 is 6.36. The smallest absolute Gasteiger partial charge is 0.412 e. The van der Waals surface area contributed by atoms with E-state index in [1.54, 1.807) is 6.92 Å². The Labute approximate surface area is 121 Å². The number of anilines is 1. The van der Waals surface area contributed by atoms with Crippen molar-refractivity contribution in [2.24, 2.45) is 0 Å². The molecule has 0 fully saturated rings. The van der Waals surface area contributed by atoms with Gasteiger partial charge in [-0.25, -0.2) is 4.79 Å². The van der Waals surface area contributed by atoms with Gasteiger partial charge in [0.2, 0.25) is 0 Å². The first-order chi connectivity index (χ1) is 10.1. The molecule has 7 heteroatoms. The van der Waals surface area contributed by atoms with Crippen molar-refractivity contribution in [3.63, 3.8) is 0 Å². The van der Waals surface area contributed by atoms with Crippen LogP contribution < -0.4 is 5.32 Å². The Morgan fingerprint density at radius 2 is 2.05 bits per heavy atom. The van der Waals surface area contributed by atoms with Gasteiger partial charge in [-0.2, -0.15) is 5.10 Å². The van der Waals surface area contributed by atoms with Crippen LogP contribution in [-0.2, 0) is 22.7 Å². The fraction of sp³-hybridized carbons (Fsp3) is 0.214. The molecule has 1 heterocycles. The van der Waals surface area contributed by atoms with E-state index >= 15 is 0 Å². The van der Waals surface area contributed by atoms with Gasteiger partial charge in [0.15, 0.2) is 0 Å². The number of aromatic nitrogens is 2. The summed E-state index contributed by atoms with van der Waals surface area (Å²) in [4.78, 5) is 22.3. The number of hydrogen-bond donors (Lipinski definition) is 2. The molecule has 1 aromatic heterocycles. The molecule has 2 aromatic rings. The Kier molecular flexibility index (Phi) is 4.55. The Morgan fingerprint density at radius 3 is 2.71 bits per heavy atom. The summed E-state index contributed by atoms with van der Waals surface area (Å²) in [6.45, 7) is 1.57. The molecule has 0 saturated heterocycles. The van der Waals surface area contributed by atoms with Crippen molar-refractivity contribution in [1.29, 1.82) is 0 Å². The third-order valence-corrected chi connectivity index (χ3v) is 2.84. The summed E-state index contributed by atoms with van der Waals surface area (Å²) in [5.41, 5.74) is 1.86. The number of benzene rings is 1. The van der Waals surface area contributed by atoms with E-state index in [2.05, 4.69) is 10.4 Å². The minimum atomic E-state index is -1.00. The summed E-state index contributed by atoms with van der Waals surface area (Å²) in [6.07, 6.45) is 0.777. The number of nitrogens with zero attached hydrogens (tertiary/aromatic N) is 2. The van der Waals surface area contributed by atoms with Gasteiger partial charge in [0.05, 0.1) is 17.6 Å². The average Bonchev–Trinajstić information content (AvgIpc) is 2.79. The van der Waals surface area contributed by atoms with Crippen LogP contribution >= 0.6 is 0 Å². The van der Waals surface area contributed by atoms with Crippen LogP contribution in [0.5, 0.6) is 0 Å². The maximum Gasteiger partial charge on any atom is 0.412 e. The number of ether oxygens (including phenoxy) is 1. The van der Waals surface area contributed by atoms with Crippen LogP contribution in [0.1, 0.15) is 11.3 Å². The Balaban J connectivity index is 1.91. The predicted octanol–water partition coefficient (Wildman–Crippen LogP) is 2.02. The highest BCUT2D eigenvalue weighted by Gasteiger charge is 2.12. The minimum absolute atomic E-state index is 0.162. The fourth-order valence-corrected chi connectivity index (χ4v) is 1.73. The molecule has 2 rings (SSSR count). The molecule has 2 N–H and O–H groups in total. The van der Waals surface area contributed by atoms with Gasteiger partial charge in [0, 0.05) is 0 Å². The van der Waals surface area contributed by atoms with E-state index < -0.39 is 12.1 Å². The molecule has 0 saturated carbocycles. The van der Waals surface area contributed by atoms with Gasteiger partial charge >= 0.3 is 12.1 Å². The van der Waals surface area contributed by atoms with Crippen LogP contribution in [0, 0.1) is 6.92 Å². The zero-order valence-corrected chi connectivity index (χ0v) is 11.4. The Bertz CT molecular complexity index is 637. The number of nitrogens with one attached hydrogen (secondary N) is 1. The fourth-order valence-electron chi connectivity index (χ4n) is 1.73. The molecule has 0 aliphatic rings. The number of hydrogen-bond acceptors (Lipinski definition) is 4. The highest BCUT2D eigenvalue weighted by Crippen LogP contribution is 2.14. The van der Waals surface area contributed by atoms with Crippen molar-refractivity contribution >= 4 is 17.7 Å². The number of amides is 1. The molecule has 0 aliphatic heterocycles. The van der Waals surface area contributed by atoms with E-state index in [0.29, 0.717) is 11.4 Å². The molecule has 7 nitrogen and oxygen atoms in total. The molecule has 0 unspecified atom stereocenters. The molecule has 1 aromatic carbocycles. The summed E-state index contributed by atoms with van der Waals surface area (Å²) in [6, 6.07) is 9.30. The number of carbonyl (C=O) groups is 2. The van der Waals surface area contributed by atoms with Crippen LogP contribution in [0.15, 0.2) is 36.5 Å². The first-order valence-electron chi connectivity index (χ1n) is 6.28. The van der Waals surface area contributed by atoms with E-state index in [1.807, 2.05) is 30.3 Å². The van der Waals surface area contributed by atoms with E-state index in [4.69, 9.17) is 9.84 Å². The normalized spacial score (nSPS) is 10.1. The Morgan fingerprint density at radius 1 is 1.33 bits per heavy atom. The van der Waals surface area contributed by atoms with Gasteiger partial charge in [0.1, 0.15) is 13.2 Å². The van der Waals surface area contributed by atoms with Crippen molar-refractivity contribution in [1.82, 2.24) is 9.78 Å². The number of rotatable bonds is 5. The first-order valence-corrected chi connectivity index (χ1v) is 6.28. The lowest BCUT2D eigenvalue weighted by atomic mass is 10.2. The maximum atomic E-state index is 11.7. The van der Waals surface area contributed by atoms with Crippen LogP contribution in [0.25, 0.3) is 0 Å². The van der Waals surface area contributed by atoms with Crippen molar-refractivity contribution in [2.45, 2.75) is 20.1 Å². The number of aliphatic carboxylic acids is 1. The second-order valence-electron chi connectivity index (χ2n) is 4.38. The Hall–Kier alpha value is -2.83. The third kappa shape index (κ3) is 4.07. The molecular formula is C14H15N3O4. The van der Waals surface area contributed by atoms with Gasteiger partial charge < -0.3 is 9.84 Å².